The van der Waals surface area contributed by atoms with Gasteiger partial charge >= 0.3 is 0 Å². The van der Waals surface area contributed by atoms with Gasteiger partial charge in [-0.05, 0) is 47.2 Å². The van der Waals surface area contributed by atoms with Gasteiger partial charge in [0.15, 0.2) is 0 Å². The van der Waals surface area contributed by atoms with Crippen LogP contribution in [0.25, 0.3) is 10.9 Å². The van der Waals surface area contributed by atoms with Crippen molar-refractivity contribution in [2.45, 2.75) is 38.4 Å². The molecule has 0 amide bonds. The molecule has 1 atom stereocenters. The minimum atomic E-state index is -0.202. The van der Waals surface area contributed by atoms with E-state index in [1.165, 1.54) is 5.56 Å². The molecule has 0 aliphatic rings. The first-order valence-corrected chi connectivity index (χ1v) is 10.5. The number of fused-ring (bicyclic) bond motifs is 1. The van der Waals surface area contributed by atoms with Crippen LogP contribution in [0, 0.1) is 0 Å². The summed E-state index contributed by atoms with van der Waals surface area (Å²) in [5.74, 6) is 6.46. The van der Waals surface area contributed by atoms with Gasteiger partial charge in [-0.25, -0.2) is 10.9 Å². The molecule has 158 valence electrons. The monoisotopic (exact) mass is 412 g/mol. The van der Waals surface area contributed by atoms with Gasteiger partial charge in [0.25, 0.3) is 0 Å². The summed E-state index contributed by atoms with van der Waals surface area (Å²) in [5.41, 5.74) is 4.10. The first kappa shape index (κ1) is 21.0. The van der Waals surface area contributed by atoms with Crippen molar-refractivity contribution in [1.82, 2.24) is 4.98 Å². The summed E-state index contributed by atoms with van der Waals surface area (Å²) in [7, 11) is 0. The fraction of sp³-hybridized carbons (Fsp3) is 0.222. The highest BCUT2D eigenvalue weighted by Gasteiger charge is 2.26. The highest BCUT2D eigenvalue weighted by atomic mass is 16.6. The fourth-order valence-electron chi connectivity index (χ4n) is 3.84. The summed E-state index contributed by atoms with van der Waals surface area (Å²) >= 11 is 0. The van der Waals surface area contributed by atoms with E-state index in [9.17, 15) is 0 Å². The Balaban J connectivity index is 1.41. The van der Waals surface area contributed by atoms with Gasteiger partial charge in [-0.1, -0.05) is 80.6 Å². The molecule has 0 aliphatic carbocycles. The van der Waals surface area contributed by atoms with Gasteiger partial charge in [0.1, 0.15) is 18.5 Å². The average molecular weight is 413 g/mol. The molecule has 2 N–H and O–H groups in total. The molecule has 4 nitrogen and oxygen atoms in total. The Morgan fingerprint density at radius 1 is 0.839 bits per heavy atom. The van der Waals surface area contributed by atoms with Crippen molar-refractivity contribution in [2.24, 2.45) is 5.90 Å². The Bertz CT molecular complexity index is 1120. The van der Waals surface area contributed by atoms with Crippen molar-refractivity contribution < 1.29 is 9.57 Å². The highest BCUT2D eigenvalue weighted by Crippen LogP contribution is 2.35. The molecule has 0 saturated heterocycles. The third-order valence-corrected chi connectivity index (χ3v) is 5.71. The number of para-hydroxylation sites is 1. The molecule has 4 rings (SSSR count). The maximum Gasteiger partial charge on any atom is 0.130 e. The van der Waals surface area contributed by atoms with Gasteiger partial charge in [-0.15, -0.1) is 0 Å². The van der Waals surface area contributed by atoms with Crippen LogP contribution in [0.5, 0.6) is 5.75 Å². The average Bonchev–Trinajstić information content (AvgIpc) is 2.82. The number of benzene rings is 3. The standard InChI is InChI=1S/C27H28N2O2/c1-27(2,22-9-4-3-5-10-22)18-26(31-28)21-13-16-24(17-14-21)30-19-23-15-12-20-8-6-7-11-25(20)29-23/h3-17,26H,18-19,28H2,1-2H3. The van der Waals surface area contributed by atoms with Crippen LogP contribution in [0.2, 0.25) is 0 Å². The van der Waals surface area contributed by atoms with E-state index in [2.05, 4.69) is 55.2 Å². The zero-order valence-electron chi connectivity index (χ0n) is 18.0. The zero-order chi connectivity index (χ0) is 21.7. The highest BCUT2D eigenvalue weighted by molar-refractivity contribution is 5.78. The Morgan fingerprint density at radius 2 is 1.55 bits per heavy atom. The number of rotatable bonds is 8. The van der Waals surface area contributed by atoms with Gasteiger partial charge < -0.3 is 4.74 Å². The Labute approximate surface area is 183 Å². The maximum atomic E-state index is 5.95. The lowest BCUT2D eigenvalue weighted by atomic mass is 9.78. The Morgan fingerprint density at radius 3 is 2.29 bits per heavy atom. The summed E-state index contributed by atoms with van der Waals surface area (Å²) < 4.78 is 5.95. The fourth-order valence-corrected chi connectivity index (χ4v) is 3.84. The molecule has 0 spiro atoms. The minimum Gasteiger partial charge on any atom is -0.487 e. The molecule has 0 saturated carbocycles. The smallest absolute Gasteiger partial charge is 0.130 e. The van der Waals surface area contributed by atoms with Crippen molar-refractivity contribution in [2.75, 3.05) is 0 Å². The van der Waals surface area contributed by atoms with E-state index in [1.807, 2.05) is 54.6 Å². The van der Waals surface area contributed by atoms with Crippen LogP contribution in [0.3, 0.4) is 0 Å². The molecule has 1 heterocycles. The number of hydrogen-bond donors (Lipinski definition) is 1. The topological polar surface area (TPSA) is 57.4 Å². The van der Waals surface area contributed by atoms with Gasteiger partial charge in [0.05, 0.1) is 11.2 Å². The zero-order valence-corrected chi connectivity index (χ0v) is 18.0. The van der Waals surface area contributed by atoms with Crippen LogP contribution in [-0.4, -0.2) is 4.98 Å². The van der Waals surface area contributed by atoms with E-state index < -0.39 is 0 Å². The largest absolute Gasteiger partial charge is 0.487 e. The summed E-state index contributed by atoms with van der Waals surface area (Å²) in [6, 6.07) is 30.5. The second-order valence-corrected chi connectivity index (χ2v) is 8.43. The summed E-state index contributed by atoms with van der Waals surface area (Å²) in [4.78, 5) is 10.0. The number of nitrogens with two attached hydrogens (primary N) is 1. The van der Waals surface area contributed by atoms with Crippen LogP contribution in [0.4, 0.5) is 0 Å². The number of ether oxygens (including phenoxy) is 1. The maximum absolute atomic E-state index is 5.95. The van der Waals surface area contributed by atoms with Crippen molar-refractivity contribution in [3.63, 3.8) is 0 Å². The molecule has 0 radical (unpaired) electrons. The van der Waals surface area contributed by atoms with Crippen LogP contribution in [0.1, 0.15) is 43.2 Å². The molecule has 1 unspecified atom stereocenters. The van der Waals surface area contributed by atoms with E-state index in [-0.39, 0.29) is 11.5 Å². The van der Waals surface area contributed by atoms with Gasteiger partial charge in [-0.3, -0.25) is 4.84 Å². The van der Waals surface area contributed by atoms with E-state index in [1.54, 1.807) is 0 Å². The molecule has 0 aliphatic heterocycles. The summed E-state index contributed by atoms with van der Waals surface area (Å²) in [5, 5.41) is 1.13. The predicted octanol–water partition coefficient (Wildman–Crippen LogP) is 6.11. The van der Waals surface area contributed by atoms with Crippen molar-refractivity contribution in [3.05, 3.63) is 108 Å². The van der Waals surface area contributed by atoms with E-state index in [0.29, 0.717) is 6.61 Å². The molecular formula is C27H28N2O2. The van der Waals surface area contributed by atoms with Crippen molar-refractivity contribution in [3.8, 4) is 5.75 Å². The van der Waals surface area contributed by atoms with Gasteiger partial charge in [0, 0.05) is 5.39 Å². The van der Waals surface area contributed by atoms with Gasteiger partial charge in [-0.2, -0.15) is 0 Å². The number of aromatic nitrogens is 1. The third-order valence-electron chi connectivity index (χ3n) is 5.71. The second kappa shape index (κ2) is 9.29. The molecule has 0 fully saturated rings. The first-order valence-electron chi connectivity index (χ1n) is 10.5. The molecular weight excluding hydrogens is 384 g/mol. The third kappa shape index (κ3) is 5.10. The van der Waals surface area contributed by atoms with Crippen LogP contribution >= 0.6 is 0 Å². The number of hydrogen-bond acceptors (Lipinski definition) is 4. The molecule has 4 aromatic rings. The molecule has 0 bridgehead atoms. The summed E-state index contributed by atoms with van der Waals surface area (Å²) in [6.45, 7) is 4.84. The lowest BCUT2D eigenvalue weighted by Crippen LogP contribution is -2.23. The lowest BCUT2D eigenvalue weighted by Gasteiger charge is -2.29. The predicted molar refractivity (Wildman–Crippen MR) is 125 cm³/mol. The van der Waals surface area contributed by atoms with E-state index in [4.69, 9.17) is 15.5 Å². The molecule has 4 heteroatoms. The lowest BCUT2D eigenvalue weighted by molar-refractivity contribution is 0.0326. The molecule has 1 aromatic heterocycles. The Hall–Kier alpha value is -3.21. The number of nitrogens with zero attached hydrogens (tertiary/aromatic N) is 1. The van der Waals surface area contributed by atoms with Crippen LogP contribution < -0.4 is 10.6 Å². The number of pyridine rings is 1. The normalized spacial score (nSPS) is 12.6. The second-order valence-electron chi connectivity index (χ2n) is 8.43. The van der Waals surface area contributed by atoms with Gasteiger partial charge in [0.2, 0.25) is 0 Å². The molecule has 3 aromatic carbocycles. The van der Waals surface area contributed by atoms with Crippen molar-refractivity contribution in [1.29, 1.82) is 0 Å². The SMILES string of the molecule is CC(C)(CC(ON)c1ccc(OCc2ccc3ccccc3n2)cc1)c1ccccc1. The van der Waals surface area contributed by atoms with Crippen LogP contribution in [-0.2, 0) is 16.9 Å². The van der Waals surface area contributed by atoms with Crippen molar-refractivity contribution >= 4 is 10.9 Å². The summed E-state index contributed by atoms with van der Waals surface area (Å²) in [6.07, 6.45) is 0.570. The minimum absolute atomic E-state index is 0.0672. The van der Waals surface area contributed by atoms with Crippen LogP contribution in [0.15, 0.2) is 91.0 Å². The Kier molecular flexibility index (Phi) is 6.31. The van der Waals surface area contributed by atoms with E-state index in [0.717, 1.165) is 34.3 Å². The quantitative estimate of drug-likeness (QED) is 0.355. The van der Waals surface area contributed by atoms with E-state index >= 15 is 0 Å². The first-order chi connectivity index (χ1) is 15.0. The molecule has 31 heavy (non-hydrogen) atoms.